The normalized spacial score (nSPS) is 14.3. The van der Waals surface area contributed by atoms with Crippen LogP contribution in [0.25, 0.3) is 5.69 Å². The molecule has 5 heteroatoms. The van der Waals surface area contributed by atoms with E-state index in [9.17, 15) is 14.7 Å². The predicted molar refractivity (Wildman–Crippen MR) is 89.0 cm³/mol. The number of carbonyl (C=O) groups is 2. The third kappa shape index (κ3) is 2.63. The fourth-order valence-corrected chi connectivity index (χ4v) is 3.37. The average Bonchev–Trinajstić information content (AvgIpc) is 3.15. The molecule has 23 heavy (non-hydrogen) atoms. The third-order valence-electron chi connectivity index (χ3n) is 4.51. The van der Waals surface area contributed by atoms with Crippen LogP contribution in [0.15, 0.2) is 24.3 Å². The summed E-state index contributed by atoms with van der Waals surface area (Å²) in [6, 6.07) is 7.32. The summed E-state index contributed by atoms with van der Waals surface area (Å²) in [6.07, 6.45) is 3.02. The number of aromatic carboxylic acids is 1. The molecule has 0 spiro atoms. The Labute approximate surface area is 135 Å². The molecule has 0 unspecified atom stereocenters. The third-order valence-corrected chi connectivity index (χ3v) is 4.51. The van der Waals surface area contributed by atoms with Crippen LogP contribution in [-0.2, 0) is 0 Å². The Morgan fingerprint density at radius 2 is 1.87 bits per heavy atom. The number of aldehydes is 1. The zero-order chi connectivity index (χ0) is 16.6. The minimum Gasteiger partial charge on any atom is -0.478 e. The van der Waals surface area contributed by atoms with Gasteiger partial charge in [-0.05, 0) is 51.0 Å². The number of hydrogen-bond acceptors (Lipinski definition) is 3. The minimum atomic E-state index is -0.924. The lowest BCUT2D eigenvalue weighted by Gasteiger charge is -2.21. The maximum absolute atomic E-state index is 11.7. The lowest BCUT2D eigenvalue weighted by molar-refractivity contribution is 0.0697. The zero-order valence-corrected chi connectivity index (χ0v) is 13.4. The summed E-state index contributed by atoms with van der Waals surface area (Å²) in [7, 11) is 0. The van der Waals surface area contributed by atoms with E-state index in [1.54, 1.807) is 6.07 Å². The Bertz CT molecular complexity index is 771. The number of benzene rings is 1. The van der Waals surface area contributed by atoms with E-state index in [0.717, 1.165) is 55.0 Å². The summed E-state index contributed by atoms with van der Waals surface area (Å²) < 4.78 is 1.92. The van der Waals surface area contributed by atoms with Gasteiger partial charge in [-0.3, -0.25) is 4.79 Å². The molecular weight excluding hydrogens is 292 g/mol. The number of aryl methyl sites for hydroxylation is 1. The lowest BCUT2D eigenvalue weighted by Crippen LogP contribution is -2.21. The highest BCUT2D eigenvalue weighted by molar-refractivity contribution is 5.95. The number of aromatic nitrogens is 1. The van der Waals surface area contributed by atoms with E-state index < -0.39 is 5.97 Å². The molecule has 1 N–H and O–H groups in total. The second kappa shape index (κ2) is 5.91. The predicted octanol–water partition coefficient (Wildman–Crippen LogP) is 3.21. The Morgan fingerprint density at radius 3 is 2.43 bits per heavy atom. The highest BCUT2D eigenvalue weighted by Gasteiger charge is 2.20. The van der Waals surface area contributed by atoms with E-state index in [-0.39, 0.29) is 0 Å². The molecule has 0 amide bonds. The SMILES string of the molecule is Cc1cc(C=O)c(C)n1-c1ccc(N2CCCC2)c(C(=O)O)c1. The summed E-state index contributed by atoms with van der Waals surface area (Å²) >= 11 is 0. The van der Waals surface area contributed by atoms with Crippen LogP contribution in [0, 0.1) is 13.8 Å². The van der Waals surface area contributed by atoms with Crippen LogP contribution >= 0.6 is 0 Å². The minimum absolute atomic E-state index is 0.310. The molecule has 1 aromatic carbocycles. The van der Waals surface area contributed by atoms with Gasteiger partial charge in [0.25, 0.3) is 0 Å². The monoisotopic (exact) mass is 312 g/mol. The molecule has 1 fully saturated rings. The number of carboxylic acids is 1. The lowest BCUT2D eigenvalue weighted by atomic mass is 10.1. The first kappa shape index (κ1) is 15.3. The molecule has 1 aliphatic heterocycles. The van der Waals surface area contributed by atoms with E-state index >= 15 is 0 Å². The van der Waals surface area contributed by atoms with Gasteiger partial charge in [0, 0.05) is 35.7 Å². The Hall–Kier alpha value is -2.56. The van der Waals surface area contributed by atoms with E-state index in [0.29, 0.717) is 11.1 Å². The molecule has 5 nitrogen and oxygen atoms in total. The molecule has 3 rings (SSSR count). The summed E-state index contributed by atoms with van der Waals surface area (Å²) in [5, 5.41) is 9.60. The summed E-state index contributed by atoms with van der Waals surface area (Å²) in [5.74, 6) is -0.924. The Morgan fingerprint density at radius 1 is 1.17 bits per heavy atom. The largest absolute Gasteiger partial charge is 0.478 e. The van der Waals surface area contributed by atoms with Gasteiger partial charge < -0.3 is 14.6 Å². The standard InChI is InChI=1S/C18H20N2O3/c1-12-9-14(11-21)13(2)20(12)15-5-6-17(16(10-15)18(22)23)19-7-3-4-8-19/h5-6,9-11H,3-4,7-8H2,1-2H3,(H,22,23). The van der Waals surface area contributed by atoms with Crippen LogP contribution in [0.4, 0.5) is 5.69 Å². The average molecular weight is 312 g/mol. The van der Waals surface area contributed by atoms with Gasteiger partial charge in [-0.2, -0.15) is 0 Å². The topological polar surface area (TPSA) is 62.5 Å². The Kier molecular flexibility index (Phi) is 3.94. The van der Waals surface area contributed by atoms with Crippen LogP contribution in [-0.4, -0.2) is 35.0 Å². The number of rotatable bonds is 4. The molecule has 1 saturated heterocycles. The van der Waals surface area contributed by atoms with E-state index in [1.807, 2.05) is 36.6 Å². The van der Waals surface area contributed by atoms with Gasteiger partial charge in [-0.25, -0.2) is 4.79 Å². The maximum Gasteiger partial charge on any atom is 0.337 e. The molecule has 1 aromatic heterocycles. The molecule has 2 heterocycles. The van der Waals surface area contributed by atoms with Crippen molar-refractivity contribution in [3.8, 4) is 5.69 Å². The van der Waals surface area contributed by atoms with Crippen molar-refractivity contribution < 1.29 is 14.7 Å². The molecule has 0 bridgehead atoms. The fourth-order valence-electron chi connectivity index (χ4n) is 3.37. The number of hydrogen-bond donors (Lipinski definition) is 1. The van der Waals surface area contributed by atoms with Crippen LogP contribution in [0.1, 0.15) is 44.9 Å². The molecule has 0 aliphatic carbocycles. The van der Waals surface area contributed by atoms with E-state index in [4.69, 9.17) is 0 Å². The van der Waals surface area contributed by atoms with Crippen LogP contribution in [0.5, 0.6) is 0 Å². The smallest absolute Gasteiger partial charge is 0.337 e. The van der Waals surface area contributed by atoms with E-state index in [1.165, 1.54) is 0 Å². The molecule has 0 saturated carbocycles. The first-order valence-electron chi connectivity index (χ1n) is 7.79. The molecular formula is C18H20N2O3. The Balaban J connectivity index is 2.11. The molecule has 2 aromatic rings. The zero-order valence-electron chi connectivity index (χ0n) is 13.4. The number of carboxylic acid groups (broad SMARTS) is 1. The van der Waals surface area contributed by atoms with Crippen LogP contribution in [0.2, 0.25) is 0 Å². The number of nitrogens with zero attached hydrogens (tertiary/aromatic N) is 2. The van der Waals surface area contributed by atoms with Gasteiger partial charge in [0.2, 0.25) is 0 Å². The number of anilines is 1. The highest BCUT2D eigenvalue weighted by Crippen LogP contribution is 2.29. The van der Waals surface area contributed by atoms with Crippen molar-refractivity contribution in [3.63, 3.8) is 0 Å². The molecule has 0 atom stereocenters. The second-order valence-electron chi connectivity index (χ2n) is 5.98. The second-order valence-corrected chi connectivity index (χ2v) is 5.98. The number of carbonyl (C=O) groups excluding carboxylic acids is 1. The van der Waals surface area contributed by atoms with Crippen LogP contribution < -0.4 is 4.90 Å². The van der Waals surface area contributed by atoms with Gasteiger partial charge in [0.1, 0.15) is 0 Å². The summed E-state index contributed by atoms with van der Waals surface area (Å²) in [6.45, 7) is 5.58. The highest BCUT2D eigenvalue weighted by atomic mass is 16.4. The van der Waals surface area contributed by atoms with Gasteiger partial charge >= 0.3 is 5.97 Å². The van der Waals surface area contributed by atoms with Crippen molar-refractivity contribution in [2.75, 3.05) is 18.0 Å². The van der Waals surface area contributed by atoms with Gasteiger partial charge in [0.15, 0.2) is 6.29 Å². The molecule has 120 valence electrons. The fraction of sp³-hybridized carbons (Fsp3) is 0.333. The summed E-state index contributed by atoms with van der Waals surface area (Å²) in [5.41, 5.74) is 4.22. The van der Waals surface area contributed by atoms with Crippen molar-refractivity contribution in [1.29, 1.82) is 0 Å². The van der Waals surface area contributed by atoms with Gasteiger partial charge in [0.05, 0.1) is 11.3 Å². The van der Waals surface area contributed by atoms with Crippen molar-refractivity contribution >= 4 is 17.9 Å². The van der Waals surface area contributed by atoms with Gasteiger partial charge in [-0.1, -0.05) is 0 Å². The van der Waals surface area contributed by atoms with E-state index in [2.05, 4.69) is 4.90 Å². The maximum atomic E-state index is 11.7. The van der Waals surface area contributed by atoms with Crippen molar-refractivity contribution in [1.82, 2.24) is 4.57 Å². The molecule has 1 aliphatic rings. The first-order chi connectivity index (χ1) is 11.0. The van der Waals surface area contributed by atoms with Crippen LogP contribution in [0.3, 0.4) is 0 Å². The van der Waals surface area contributed by atoms with Crippen molar-refractivity contribution in [2.24, 2.45) is 0 Å². The van der Waals surface area contributed by atoms with Crippen molar-refractivity contribution in [2.45, 2.75) is 26.7 Å². The first-order valence-corrected chi connectivity index (χ1v) is 7.79. The van der Waals surface area contributed by atoms with Gasteiger partial charge in [-0.15, -0.1) is 0 Å². The summed E-state index contributed by atoms with van der Waals surface area (Å²) in [4.78, 5) is 24.9. The van der Waals surface area contributed by atoms with Crippen molar-refractivity contribution in [3.05, 3.63) is 46.8 Å². The quantitative estimate of drug-likeness (QED) is 0.881. The molecule has 0 radical (unpaired) electrons.